The summed E-state index contributed by atoms with van der Waals surface area (Å²) >= 11 is 6.45. The van der Waals surface area contributed by atoms with Gasteiger partial charge in [0.2, 0.25) is 0 Å². The first-order valence-electron chi connectivity index (χ1n) is 12.4. The molecule has 6 nitrogen and oxygen atoms in total. The number of benzene rings is 2. The second kappa shape index (κ2) is 14.1. The number of ketones is 1. The number of aromatic hydroxyl groups is 1. The van der Waals surface area contributed by atoms with Crippen molar-refractivity contribution in [2.24, 2.45) is 5.18 Å². The number of aryl methyl sites for hydroxylation is 1. The molecule has 186 valence electrons. The molecule has 0 radical (unpaired) electrons. The molecule has 0 aromatic heterocycles. The van der Waals surface area contributed by atoms with E-state index in [0.29, 0.717) is 17.5 Å². The van der Waals surface area contributed by atoms with Crippen LogP contribution in [0, 0.1) is 11.8 Å². The monoisotopic (exact) mass is 487 g/mol. The van der Waals surface area contributed by atoms with Crippen LogP contribution < -0.4 is 4.90 Å². The number of phenols is 1. The Balaban J connectivity index is 0.00000199. The zero-order chi connectivity index (χ0) is 25.1. The molecule has 0 amide bonds. The van der Waals surface area contributed by atoms with Crippen molar-refractivity contribution in [3.8, 4) is 5.75 Å². The molecule has 0 spiro atoms. The summed E-state index contributed by atoms with van der Waals surface area (Å²) in [5.41, 5.74) is 3.47. The van der Waals surface area contributed by atoms with Gasteiger partial charge >= 0.3 is 0 Å². The Morgan fingerprint density at radius 2 is 1.82 bits per heavy atom. The smallest absolute Gasteiger partial charge is 0.163 e. The van der Waals surface area contributed by atoms with Gasteiger partial charge in [0.05, 0.1) is 0 Å². The Morgan fingerprint density at radius 3 is 2.44 bits per heavy atom. The Labute approximate surface area is 208 Å². The van der Waals surface area contributed by atoms with Gasteiger partial charge in [0.1, 0.15) is 5.75 Å². The summed E-state index contributed by atoms with van der Waals surface area (Å²) in [6.07, 6.45) is 4.24. The number of rotatable bonds is 10. The molecule has 0 unspecified atom stereocenters. The average molecular weight is 488 g/mol. The van der Waals surface area contributed by atoms with Gasteiger partial charge in [-0.15, -0.1) is 4.91 Å². The highest BCUT2D eigenvalue weighted by Gasteiger charge is 2.20. The molecule has 1 heterocycles. The van der Waals surface area contributed by atoms with Gasteiger partial charge in [0.25, 0.3) is 0 Å². The van der Waals surface area contributed by atoms with Gasteiger partial charge in [0, 0.05) is 48.9 Å². The molecule has 1 fully saturated rings. The van der Waals surface area contributed by atoms with Crippen molar-refractivity contribution in [1.82, 2.24) is 4.90 Å². The van der Waals surface area contributed by atoms with Crippen LogP contribution in [0.1, 0.15) is 67.9 Å². The van der Waals surface area contributed by atoms with E-state index in [1.165, 1.54) is 17.3 Å². The third kappa shape index (κ3) is 7.28. The number of piperazine rings is 1. The Bertz CT molecular complexity index is 933. The van der Waals surface area contributed by atoms with Gasteiger partial charge in [0.15, 0.2) is 11.5 Å². The lowest BCUT2D eigenvalue weighted by molar-refractivity contribution is 0.0977. The summed E-state index contributed by atoms with van der Waals surface area (Å²) in [6.45, 7) is 12.8. The van der Waals surface area contributed by atoms with E-state index >= 15 is 0 Å². The van der Waals surface area contributed by atoms with E-state index in [-0.39, 0.29) is 17.2 Å². The number of nitrogens with zero attached hydrogens (tertiary/aromatic N) is 3. The Morgan fingerprint density at radius 1 is 1.12 bits per heavy atom. The number of nitroso groups, excluding NO2 is 1. The summed E-state index contributed by atoms with van der Waals surface area (Å²) < 4.78 is 0. The predicted octanol–water partition coefficient (Wildman–Crippen LogP) is 6.91. The molecule has 34 heavy (non-hydrogen) atoms. The fourth-order valence-electron chi connectivity index (χ4n) is 4.36. The Kier molecular flexibility index (Phi) is 11.5. The quantitative estimate of drug-likeness (QED) is 0.224. The molecule has 0 atom stereocenters. The van der Waals surface area contributed by atoms with E-state index < -0.39 is 0 Å². The number of carbonyl (C=O) groups is 1. The van der Waals surface area contributed by atoms with Crippen LogP contribution in [0.25, 0.3) is 0 Å². The lowest BCUT2D eigenvalue weighted by Gasteiger charge is -2.37. The maximum absolute atomic E-state index is 12.5. The Hall–Kier alpha value is -2.44. The minimum Gasteiger partial charge on any atom is -0.506 e. The van der Waals surface area contributed by atoms with Crippen LogP contribution in [0.5, 0.6) is 5.75 Å². The maximum atomic E-state index is 12.5. The molecule has 1 N–H and O–H groups in total. The third-order valence-corrected chi connectivity index (χ3v) is 6.48. The van der Waals surface area contributed by atoms with Gasteiger partial charge < -0.3 is 10.0 Å². The molecule has 1 aliphatic heterocycles. The normalized spacial score (nSPS) is 13.9. The van der Waals surface area contributed by atoms with Crippen molar-refractivity contribution >= 4 is 28.8 Å². The predicted molar refractivity (Wildman–Crippen MR) is 142 cm³/mol. The van der Waals surface area contributed by atoms with Crippen LogP contribution in [0.15, 0.2) is 35.5 Å². The molecule has 2 aromatic carbocycles. The highest BCUT2D eigenvalue weighted by molar-refractivity contribution is 6.31. The second-order valence-electron chi connectivity index (χ2n) is 8.45. The second-order valence-corrected chi connectivity index (χ2v) is 8.86. The summed E-state index contributed by atoms with van der Waals surface area (Å²) in [7, 11) is 0. The van der Waals surface area contributed by atoms with Gasteiger partial charge in [-0.1, -0.05) is 44.9 Å². The molecule has 0 bridgehead atoms. The SMILES string of the molecule is CC.CCCc1c(Cl)cccc1N1CCN(CCCCC(=O)c2cc(C)c(N=O)c(O)c2)CC1. The van der Waals surface area contributed by atoms with E-state index in [1.807, 2.05) is 26.0 Å². The van der Waals surface area contributed by atoms with Crippen molar-refractivity contribution in [2.45, 2.75) is 59.8 Å². The summed E-state index contributed by atoms with van der Waals surface area (Å²) in [5, 5.41) is 13.5. The third-order valence-electron chi connectivity index (χ3n) is 6.13. The first-order chi connectivity index (χ1) is 16.4. The minimum atomic E-state index is -0.233. The lowest BCUT2D eigenvalue weighted by atomic mass is 10.0. The summed E-state index contributed by atoms with van der Waals surface area (Å²) in [4.78, 5) is 28.1. The summed E-state index contributed by atoms with van der Waals surface area (Å²) in [5.74, 6) is -0.252. The molecular formula is C27H38ClN3O3. The van der Waals surface area contributed by atoms with E-state index in [1.54, 1.807) is 13.0 Å². The zero-order valence-electron chi connectivity index (χ0n) is 20.9. The molecule has 7 heteroatoms. The number of hydrogen-bond donors (Lipinski definition) is 1. The number of phenolic OH excluding ortho intramolecular Hbond substituents is 1. The highest BCUT2D eigenvalue weighted by atomic mass is 35.5. The van der Waals surface area contributed by atoms with E-state index in [4.69, 9.17) is 11.6 Å². The minimum absolute atomic E-state index is 0.000260. The van der Waals surface area contributed by atoms with Crippen molar-refractivity contribution in [3.05, 3.63) is 57.0 Å². The average Bonchev–Trinajstić information content (AvgIpc) is 2.84. The molecule has 3 rings (SSSR count). The van der Waals surface area contributed by atoms with Crippen molar-refractivity contribution in [3.63, 3.8) is 0 Å². The van der Waals surface area contributed by atoms with Crippen LogP contribution >= 0.6 is 11.6 Å². The number of anilines is 1. The van der Waals surface area contributed by atoms with Crippen molar-refractivity contribution < 1.29 is 9.90 Å². The lowest BCUT2D eigenvalue weighted by Crippen LogP contribution is -2.47. The van der Waals surface area contributed by atoms with Crippen LogP contribution in [0.4, 0.5) is 11.4 Å². The molecular weight excluding hydrogens is 450 g/mol. The highest BCUT2D eigenvalue weighted by Crippen LogP contribution is 2.32. The van der Waals surface area contributed by atoms with Crippen molar-refractivity contribution in [1.29, 1.82) is 0 Å². The fourth-order valence-corrected chi connectivity index (χ4v) is 4.62. The summed E-state index contributed by atoms with van der Waals surface area (Å²) in [6, 6.07) is 9.15. The number of hydrogen-bond acceptors (Lipinski definition) is 6. The van der Waals surface area contributed by atoms with Crippen LogP contribution in [0.3, 0.4) is 0 Å². The zero-order valence-corrected chi connectivity index (χ0v) is 21.7. The fraction of sp³-hybridized carbons (Fsp3) is 0.519. The standard InChI is InChI=1S/C25H32ClN3O3.C2H6/c1-3-7-20-21(26)8-6-9-22(20)29-14-12-28(13-15-29)11-5-4-10-23(30)19-16-18(2)25(27-32)24(31)17-19;1-2/h6,8-9,16-17,31H,3-5,7,10-15H2,1-2H3;1-2H3. The first-order valence-corrected chi connectivity index (χ1v) is 12.8. The van der Waals surface area contributed by atoms with Crippen LogP contribution in [-0.4, -0.2) is 48.5 Å². The number of halogens is 1. The van der Waals surface area contributed by atoms with Crippen LogP contribution in [0.2, 0.25) is 5.02 Å². The number of unbranched alkanes of at least 4 members (excludes halogenated alkanes) is 1. The van der Waals surface area contributed by atoms with E-state index in [0.717, 1.165) is 63.4 Å². The van der Waals surface area contributed by atoms with Gasteiger partial charge in [-0.05, 0) is 73.3 Å². The maximum Gasteiger partial charge on any atom is 0.163 e. The van der Waals surface area contributed by atoms with Crippen LogP contribution in [-0.2, 0) is 6.42 Å². The topological polar surface area (TPSA) is 73.2 Å². The number of carbonyl (C=O) groups excluding carboxylic acids is 1. The molecule has 0 saturated carbocycles. The molecule has 1 saturated heterocycles. The molecule has 1 aliphatic rings. The van der Waals surface area contributed by atoms with Crippen molar-refractivity contribution in [2.75, 3.05) is 37.6 Å². The van der Waals surface area contributed by atoms with E-state index in [9.17, 15) is 14.8 Å². The van der Waals surface area contributed by atoms with Gasteiger partial charge in [-0.2, -0.15) is 0 Å². The molecule has 2 aromatic rings. The molecule has 0 aliphatic carbocycles. The largest absolute Gasteiger partial charge is 0.506 e. The van der Waals surface area contributed by atoms with Gasteiger partial charge in [-0.25, -0.2) is 0 Å². The van der Waals surface area contributed by atoms with E-state index in [2.05, 4.69) is 28.0 Å². The van der Waals surface area contributed by atoms with Gasteiger partial charge in [-0.3, -0.25) is 9.69 Å². The number of Topliss-reactive ketones (excluding diaryl/α,β-unsaturated/α-hetero) is 1. The first kappa shape index (κ1) is 27.8.